The van der Waals surface area contributed by atoms with Crippen LogP contribution in [0.3, 0.4) is 0 Å². The number of nitrogens with zero attached hydrogens (tertiary/aromatic N) is 3. The van der Waals surface area contributed by atoms with Crippen LogP contribution in [0.1, 0.15) is 0 Å². The zero-order chi connectivity index (χ0) is 14.9. The van der Waals surface area contributed by atoms with Gasteiger partial charge in [-0.1, -0.05) is 42.5 Å². The molecule has 0 amide bonds. The number of aromatic nitrogens is 4. The van der Waals surface area contributed by atoms with E-state index in [0.717, 1.165) is 34.0 Å². The Morgan fingerprint density at radius 2 is 1.77 bits per heavy atom. The molecule has 5 heteroatoms. The number of rotatable bonds is 3. The van der Waals surface area contributed by atoms with Gasteiger partial charge in [-0.3, -0.25) is 5.10 Å². The summed E-state index contributed by atoms with van der Waals surface area (Å²) >= 11 is 0. The van der Waals surface area contributed by atoms with Crippen molar-refractivity contribution in [3.8, 4) is 28.4 Å². The topological polar surface area (TPSA) is 55.2 Å². The average Bonchev–Trinajstić information content (AvgIpc) is 3.16. The number of methoxy groups -OCH3 is 1. The molecule has 4 aromatic rings. The summed E-state index contributed by atoms with van der Waals surface area (Å²) in [5, 5.41) is 12.0. The molecule has 0 unspecified atom stereocenters. The lowest BCUT2D eigenvalue weighted by molar-refractivity contribution is 0.416. The van der Waals surface area contributed by atoms with Gasteiger partial charge in [0.15, 0.2) is 11.5 Å². The highest BCUT2D eigenvalue weighted by Crippen LogP contribution is 2.29. The SMILES string of the molecule is COc1ccccc1-c1n[nH]c2cc(-c3ccccc3)nn12. The standard InChI is InChI=1S/C17H14N4O/c1-22-15-10-6-5-9-13(15)17-19-18-16-11-14(20-21(16)17)12-7-3-2-4-8-12/h2-11,18H,1H3. The smallest absolute Gasteiger partial charge is 0.186 e. The fourth-order valence-electron chi connectivity index (χ4n) is 2.53. The van der Waals surface area contributed by atoms with Crippen LogP contribution in [0.4, 0.5) is 0 Å². The molecule has 0 aliphatic heterocycles. The molecule has 22 heavy (non-hydrogen) atoms. The van der Waals surface area contributed by atoms with Gasteiger partial charge in [0.2, 0.25) is 0 Å². The minimum Gasteiger partial charge on any atom is -0.496 e. The molecular weight excluding hydrogens is 276 g/mol. The van der Waals surface area contributed by atoms with Crippen LogP contribution in [-0.4, -0.2) is 26.9 Å². The second kappa shape index (κ2) is 5.04. The van der Waals surface area contributed by atoms with Crippen molar-refractivity contribution in [2.45, 2.75) is 0 Å². The Labute approximate surface area is 127 Å². The van der Waals surface area contributed by atoms with E-state index >= 15 is 0 Å². The fraction of sp³-hybridized carbons (Fsp3) is 0.0588. The van der Waals surface area contributed by atoms with E-state index in [1.165, 1.54) is 0 Å². The van der Waals surface area contributed by atoms with E-state index in [1.807, 2.05) is 60.7 Å². The molecular formula is C17H14N4O. The van der Waals surface area contributed by atoms with Crippen LogP contribution in [0.15, 0.2) is 60.7 Å². The van der Waals surface area contributed by atoms with E-state index in [4.69, 9.17) is 4.74 Å². The summed E-state index contributed by atoms with van der Waals surface area (Å²) < 4.78 is 7.22. The molecule has 4 rings (SSSR count). The van der Waals surface area contributed by atoms with Crippen LogP contribution in [0.2, 0.25) is 0 Å². The zero-order valence-corrected chi connectivity index (χ0v) is 12.0. The van der Waals surface area contributed by atoms with Crippen LogP contribution < -0.4 is 4.74 Å². The molecule has 0 saturated heterocycles. The van der Waals surface area contributed by atoms with Crippen LogP contribution in [0, 0.1) is 0 Å². The second-order valence-electron chi connectivity index (χ2n) is 4.94. The quantitative estimate of drug-likeness (QED) is 0.629. The molecule has 0 aliphatic carbocycles. The van der Waals surface area contributed by atoms with E-state index in [0.29, 0.717) is 0 Å². The van der Waals surface area contributed by atoms with Crippen LogP contribution in [0.25, 0.3) is 28.3 Å². The predicted molar refractivity (Wildman–Crippen MR) is 84.8 cm³/mol. The number of hydrogen-bond donors (Lipinski definition) is 1. The number of benzene rings is 2. The maximum Gasteiger partial charge on any atom is 0.186 e. The van der Waals surface area contributed by atoms with E-state index < -0.39 is 0 Å². The highest BCUT2D eigenvalue weighted by molar-refractivity contribution is 5.69. The second-order valence-corrected chi connectivity index (χ2v) is 4.94. The third-order valence-electron chi connectivity index (χ3n) is 3.60. The van der Waals surface area contributed by atoms with Crippen LogP contribution in [-0.2, 0) is 0 Å². The van der Waals surface area contributed by atoms with Crippen molar-refractivity contribution in [2.75, 3.05) is 7.11 Å². The molecule has 0 radical (unpaired) electrons. The van der Waals surface area contributed by atoms with Crippen LogP contribution in [0.5, 0.6) is 5.75 Å². The maximum atomic E-state index is 5.41. The van der Waals surface area contributed by atoms with Crippen molar-refractivity contribution in [2.24, 2.45) is 0 Å². The molecule has 108 valence electrons. The highest BCUT2D eigenvalue weighted by Gasteiger charge is 2.15. The summed E-state index contributed by atoms with van der Waals surface area (Å²) in [7, 11) is 1.65. The summed E-state index contributed by atoms with van der Waals surface area (Å²) in [6, 6.07) is 19.8. The first-order chi connectivity index (χ1) is 10.9. The van der Waals surface area contributed by atoms with Gasteiger partial charge in [-0.05, 0) is 12.1 Å². The average molecular weight is 290 g/mol. The molecule has 5 nitrogen and oxygen atoms in total. The number of H-pyrrole nitrogens is 1. The number of aromatic amines is 1. The van der Waals surface area contributed by atoms with Gasteiger partial charge in [0.1, 0.15) is 5.75 Å². The summed E-state index contributed by atoms with van der Waals surface area (Å²) in [5.74, 6) is 1.50. The molecule has 2 aromatic heterocycles. The first kappa shape index (κ1) is 12.6. The van der Waals surface area contributed by atoms with Crippen molar-refractivity contribution in [1.29, 1.82) is 0 Å². The van der Waals surface area contributed by atoms with Gasteiger partial charge in [0.25, 0.3) is 0 Å². The Kier molecular flexibility index (Phi) is 2.89. The van der Waals surface area contributed by atoms with E-state index in [-0.39, 0.29) is 0 Å². The molecule has 0 aliphatic rings. The van der Waals surface area contributed by atoms with Crippen LogP contribution >= 0.6 is 0 Å². The first-order valence-electron chi connectivity index (χ1n) is 7.00. The predicted octanol–water partition coefficient (Wildman–Crippen LogP) is 3.40. The van der Waals surface area contributed by atoms with E-state index in [1.54, 1.807) is 11.6 Å². The lowest BCUT2D eigenvalue weighted by atomic mass is 10.2. The van der Waals surface area contributed by atoms with Crippen molar-refractivity contribution in [3.63, 3.8) is 0 Å². The van der Waals surface area contributed by atoms with E-state index in [2.05, 4.69) is 15.3 Å². The van der Waals surface area contributed by atoms with Gasteiger partial charge in [-0.15, -0.1) is 0 Å². The minimum atomic E-state index is 0.731. The zero-order valence-electron chi connectivity index (χ0n) is 12.0. The van der Waals surface area contributed by atoms with E-state index in [9.17, 15) is 0 Å². The number of para-hydroxylation sites is 1. The van der Waals surface area contributed by atoms with Gasteiger partial charge >= 0.3 is 0 Å². The van der Waals surface area contributed by atoms with Crippen molar-refractivity contribution in [1.82, 2.24) is 19.8 Å². The number of nitrogens with one attached hydrogen (secondary N) is 1. The maximum absolute atomic E-state index is 5.41. The Hall–Kier alpha value is -3.08. The van der Waals surface area contributed by atoms with Gasteiger partial charge in [-0.2, -0.15) is 14.7 Å². The Balaban J connectivity index is 1.88. The number of ether oxygens (including phenoxy) is 1. The largest absolute Gasteiger partial charge is 0.496 e. The molecule has 0 atom stereocenters. The minimum absolute atomic E-state index is 0.731. The molecule has 0 fully saturated rings. The van der Waals surface area contributed by atoms with Gasteiger partial charge in [0, 0.05) is 11.6 Å². The third-order valence-corrected chi connectivity index (χ3v) is 3.60. The molecule has 0 spiro atoms. The van der Waals surface area contributed by atoms with Gasteiger partial charge in [-0.25, -0.2) is 0 Å². The van der Waals surface area contributed by atoms with Crippen molar-refractivity contribution < 1.29 is 4.74 Å². The molecule has 0 saturated carbocycles. The summed E-state index contributed by atoms with van der Waals surface area (Å²) in [4.78, 5) is 0. The number of hydrogen-bond acceptors (Lipinski definition) is 3. The Bertz CT molecular complexity index is 924. The van der Waals surface area contributed by atoms with Crippen molar-refractivity contribution in [3.05, 3.63) is 60.7 Å². The lowest BCUT2D eigenvalue weighted by Crippen LogP contribution is -1.94. The third kappa shape index (κ3) is 1.95. The first-order valence-corrected chi connectivity index (χ1v) is 7.00. The Morgan fingerprint density at radius 3 is 2.59 bits per heavy atom. The van der Waals surface area contributed by atoms with Gasteiger partial charge < -0.3 is 4.74 Å². The van der Waals surface area contributed by atoms with Crippen molar-refractivity contribution >= 4 is 5.65 Å². The van der Waals surface area contributed by atoms with Gasteiger partial charge in [0.05, 0.1) is 18.4 Å². The summed E-state index contributed by atoms with van der Waals surface area (Å²) in [6.07, 6.45) is 0. The normalized spacial score (nSPS) is 11.0. The molecule has 0 bridgehead atoms. The molecule has 2 heterocycles. The molecule has 2 aromatic carbocycles. The fourth-order valence-corrected chi connectivity index (χ4v) is 2.53. The summed E-state index contributed by atoms with van der Waals surface area (Å²) in [6.45, 7) is 0. The number of fused-ring (bicyclic) bond motifs is 1. The lowest BCUT2D eigenvalue weighted by Gasteiger charge is -2.05. The monoisotopic (exact) mass is 290 g/mol. The summed E-state index contributed by atoms with van der Waals surface area (Å²) in [5.41, 5.74) is 3.73. The molecule has 1 N–H and O–H groups in total. The Morgan fingerprint density at radius 1 is 1.00 bits per heavy atom. The highest BCUT2D eigenvalue weighted by atomic mass is 16.5.